The maximum absolute atomic E-state index is 13.2. The molecule has 0 spiro atoms. The molecule has 0 radical (unpaired) electrons. The topological polar surface area (TPSA) is 237 Å². The van der Waals surface area contributed by atoms with Crippen molar-refractivity contribution >= 4 is 39.5 Å². The van der Waals surface area contributed by atoms with Gasteiger partial charge in [-0.25, -0.2) is 9.13 Å². The quantitative estimate of drug-likeness (QED) is 0.0222. The van der Waals surface area contributed by atoms with Gasteiger partial charge in [0.05, 0.1) is 26.4 Å². The van der Waals surface area contributed by atoms with Crippen molar-refractivity contribution in [3.63, 3.8) is 0 Å². The van der Waals surface area contributed by atoms with Crippen molar-refractivity contribution in [2.45, 2.75) is 496 Å². The van der Waals surface area contributed by atoms with E-state index in [2.05, 4.69) is 41.5 Å². The zero-order chi connectivity index (χ0) is 79.2. The van der Waals surface area contributed by atoms with Gasteiger partial charge in [0, 0.05) is 25.7 Å². The predicted octanol–water partition coefficient (Wildman–Crippen LogP) is 27.4. The summed E-state index contributed by atoms with van der Waals surface area (Å²) in [7, 11) is -9.93. The Kier molecular flexibility index (Phi) is 78.8. The van der Waals surface area contributed by atoms with Crippen molar-refractivity contribution in [2.75, 3.05) is 39.6 Å². The van der Waals surface area contributed by atoms with Crippen LogP contribution in [0.5, 0.6) is 0 Å². The van der Waals surface area contributed by atoms with Crippen LogP contribution in [0.2, 0.25) is 0 Å². The summed E-state index contributed by atoms with van der Waals surface area (Å²) >= 11 is 0. The number of phosphoric acid groups is 2. The van der Waals surface area contributed by atoms with Gasteiger partial charge in [0.25, 0.3) is 0 Å². The van der Waals surface area contributed by atoms with Crippen molar-refractivity contribution in [1.29, 1.82) is 0 Å². The largest absolute Gasteiger partial charge is 0.472 e. The van der Waals surface area contributed by atoms with Gasteiger partial charge < -0.3 is 33.8 Å². The molecule has 3 N–H and O–H groups in total. The number of unbranched alkanes of at least 4 members (excludes halogenated alkanes) is 58. The Morgan fingerprint density at radius 3 is 0.630 bits per heavy atom. The van der Waals surface area contributed by atoms with Crippen LogP contribution in [-0.4, -0.2) is 96.7 Å². The molecular formula is C89H174O17P2. The average Bonchev–Trinajstić information content (AvgIpc) is 0.900. The molecule has 0 bridgehead atoms. The van der Waals surface area contributed by atoms with Crippen molar-refractivity contribution in [2.24, 2.45) is 11.8 Å². The smallest absolute Gasteiger partial charge is 0.462 e. The molecule has 0 aliphatic rings. The highest BCUT2D eigenvalue weighted by Gasteiger charge is 2.31. The van der Waals surface area contributed by atoms with E-state index in [-0.39, 0.29) is 25.7 Å². The molecule has 0 amide bonds. The molecule has 0 aliphatic carbocycles. The molecule has 19 heteroatoms. The number of phosphoric ester groups is 2. The molecular weight excluding hydrogens is 1400 g/mol. The lowest BCUT2D eigenvalue weighted by atomic mass is 10.0. The van der Waals surface area contributed by atoms with Gasteiger partial charge in [-0.05, 0) is 37.5 Å². The van der Waals surface area contributed by atoms with E-state index in [1.807, 2.05) is 0 Å². The first-order valence-electron chi connectivity index (χ1n) is 46.0. The van der Waals surface area contributed by atoms with Crippen LogP contribution in [0.1, 0.15) is 478 Å². The van der Waals surface area contributed by atoms with Gasteiger partial charge in [0.1, 0.15) is 19.3 Å². The standard InChI is InChI=1S/C89H174O17P2/c1-7-9-11-13-15-17-19-21-23-24-25-26-27-31-34-38-41-47-53-59-65-71-86(91)99-77-84(105-89(94)74-68-62-56-49-43-39-35-32-29-28-30-33-36-40-45-51-57-63-69-81(3)4)79-103-107(95,96)101-75-83(90)76-102-108(97,98)104-80-85(78-100-87(92)72-66-60-54-50-44-46-52-58-64-70-82(5)6)106-88(93)73-67-61-55-48-42-37-22-20-18-16-14-12-10-8-2/h81-85,90H,7-80H2,1-6H3,(H,95,96)(H,97,98)/t83-,84-,85-/m1/s1. The van der Waals surface area contributed by atoms with E-state index in [1.54, 1.807) is 0 Å². The highest BCUT2D eigenvalue weighted by Crippen LogP contribution is 2.45. The number of aliphatic hydroxyl groups is 1. The third-order valence-electron chi connectivity index (χ3n) is 21.0. The Hall–Kier alpha value is -1.94. The molecule has 0 rings (SSSR count). The predicted molar refractivity (Wildman–Crippen MR) is 446 cm³/mol. The lowest BCUT2D eigenvalue weighted by molar-refractivity contribution is -0.161. The third kappa shape index (κ3) is 82.1. The zero-order valence-electron chi connectivity index (χ0n) is 71.2. The van der Waals surface area contributed by atoms with E-state index in [1.165, 1.54) is 295 Å². The van der Waals surface area contributed by atoms with Crippen LogP contribution < -0.4 is 0 Å². The van der Waals surface area contributed by atoms with Gasteiger partial charge >= 0.3 is 39.5 Å². The fourth-order valence-electron chi connectivity index (χ4n) is 14.0. The molecule has 0 fully saturated rings. The van der Waals surface area contributed by atoms with Gasteiger partial charge in [0.2, 0.25) is 0 Å². The molecule has 5 atom stereocenters. The molecule has 0 aromatic carbocycles. The summed E-state index contributed by atoms with van der Waals surface area (Å²) in [6.07, 6.45) is 73.7. The molecule has 642 valence electrons. The lowest BCUT2D eigenvalue weighted by Gasteiger charge is -2.21. The highest BCUT2D eigenvalue weighted by atomic mass is 31.2. The Morgan fingerprint density at radius 2 is 0.426 bits per heavy atom. The Balaban J connectivity index is 5.23. The first kappa shape index (κ1) is 106. The lowest BCUT2D eigenvalue weighted by Crippen LogP contribution is -2.30. The Labute approximate surface area is 664 Å². The number of rotatable bonds is 88. The van der Waals surface area contributed by atoms with Crippen LogP contribution in [0.25, 0.3) is 0 Å². The maximum atomic E-state index is 13.2. The van der Waals surface area contributed by atoms with Gasteiger partial charge in [-0.2, -0.15) is 0 Å². The van der Waals surface area contributed by atoms with E-state index in [0.29, 0.717) is 25.7 Å². The molecule has 0 aromatic rings. The maximum Gasteiger partial charge on any atom is 0.472 e. The third-order valence-corrected chi connectivity index (χ3v) is 22.9. The van der Waals surface area contributed by atoms with Gasteiger partial charge in [-0.3, -0.25) is 37.3 Å². The van der Waals surface area contributed by atoms with Gasteiger partial charge in [-0.15, -0.1) is 0 Å². The fourth-order valence-corrected chi connectivity index (χ4v) is 15.5. The number of hydrogen-bond donors (Lipinski definition) is 3. The number of esters is 4. The summed E-state index contributed by atoms with van der Waals surface area (Å²) in [4.78, 5) is 73.3. The molecule has 2 unspecified atom stereocenters. The molecule has 0 heterocycles. The second-order valence-electron chi connectivity index (χ2n) is 32.9. The van der Waals surface area contributed by atoms with Crippen LogP contribution in [0.3, 0.4) is 0 Å². The normalized spacial score (nSPS) is 13.8. The number of ether oxygens (including phenoxy) is 4. The van der Waals surface area contributed by atoms with Crippen molar-refractivity contribution in [3.05, 3.63) is 0 Å². The van der Waals surface area contributed by atoms with E-state index in [4.69, 9.17) is 37.0 Å². The number of carbonyl (C=O) groups is 4. The minimum Gasteiger partial charge on any atom is -0.462 e. The van der Waals surface area contributed by atoms with E-state index < -0.39 is 97.5 Å². The zero-order valence-corrected chi connectivity index (χ0v) is 73.0. The minimum atomic E-state index is -4.97. The number of carbonyl (C=O) groups excluding carboxylic acids is 4. The minimum absolute atomic E-state index is 0.108. The summed E-state index contributed by atoms with van der Waals surface area (Å²) in [6, 6.07) is 0. The summed E-state index contributed by atoms with van der Waals surface area (Å²) in [5, 5.41) is 10.7. The van der Waals surface area contributed by atoms with Crippen LogP contribution in [0.4, 0.5) is 0 Å². The van der Waals surface area contributed by atoms with Crippen LogP contribution >= 0.6 is 15.6 Å². The van der Waals surface area contributed by atoms with E-state index in [0.717, 1.165) is 102 Å². The van der Waals surface area contributed by atoms with Crippen molar-refractivity contribution in [3.8, 4) is 0 Å². The second kappa shape index (κ2) is 80.3. The molecule has 0 aliphatic heterocycles. The molecule has 108 heavy (non-hydrogen) atoms. The van der Waals surface area contributed by atoms with Crippen molar-refractivity contribution in [1.82, 2.24) is 0 Å². The highest BCUT2D eigenvalue weighted by molar-refractivity contribution is 7.47. The van der Waals surface area contributed by atoms with E-state index >= 15 is 0 Å². The summed E-state index contributed by atoms with van der Waals surface area (Å²) < 4.78 is 69.0. The second-order valence-corrected chi connectivity index (χ2v) is 35.8. The molecule has 17 nitrogen and oxygen atoms in total. The van der Waals surface area contributed by atoms with Crippen LogP contribution in [-0.2, 0) is 65.4 Å². The Bertz CT molecular complexity index is 2060. The van der Waals surface area contributed by atoms with Crippen molar-refractivity contribution < 1.29 is 80.2 Å². The fraction of sp³-hybridized carbons (Fsp3) is 0.955. The number of aliphatic hydroxyl groups excluding tert-OH is 1. The molecule has 0 saturated carbocycles. The number of hydrogen-bond acceptors (Lipinski definition) is 15. The van der Waals surface area contributed by atoms with E-state index in [9.17, 15) is 43.2 Å². The summed E-state index contributed by atoms with van der Waals surface area (Å²) in [6.45, 7) is 9.71. The SMILES string of the molecule is CCCCCCCCCCCCCCCCCCCCCCCC(=O)OC[C@H](COP(=O)(O)OC[C@@H](O)COP(=O)(O)OC[C@@H](COC(=O)CCCCCCCCCCCC(C)C)OC(=O)CCCCCCCCCCCCCCCC)OC(=O)CCCCCCCCCCCCCCCCCCCCC(C)C. The first-order chi connectivity index (χ1) is 52.4. The summed E-state index contributed by atoms with van der Waals surface area (Å²) in [5.41, 5.74) is 0. The van der Waals surface area contributed by atoms with Gasteiger partial charge in [0.15, 0.2) is 12.2 Å². The molecule has 0 aromatic heterocycles. The Morgan fingerprint density at radius 1 is 0.250 bits per heavy atom. The first-order valence-corrected chi connectivity index (χ1v) is 49.0. The average molecular weight is 1580 g/mol. The monoisotopic (exact) mass is 1580 g/mol. The molecule has 0 saturated heterocycles. The van der Waals surface area contributed by atoms with Gasteiger partial charge in [-0.1, -0.05) is 427 Å². The van der Waals surface area contributed by atoms with Crippen LogP contribution in [0.15, 0.2) is 0 Å². The summed E-state index contributed by atoms with van der Waals surface area (Å²) in [5.74, 6) is -0.534. The van der Waals surface area contributed by atoms with Crippen LogP contribution in [0, 0.1) is 11.8 Å².